The van der Waals surface area contributed by atoms with Gasteiger partial charge in [-0.25, -0.2) is 4.68 Å². The van der Waals surface area contributed by atoms with Crippen LogP contribution in [0.25, 0.3) is 5.69 Å². The summed E-state index contributed by atoms with van der Waals surface area (Å²) in [5, 5.41) is 11.0. The van der Waals surface area contributed by atoms with Gasteiger partial charge in [-0.1, -0.05) is 18.0 Å². The maximum Gasteiger partial charge on any atom is 0.272 e. The van der Waals surface area contributed by atoms with Crippen LogP contribution in [0.15, 0.2) is 48.8 Å². The lowest BCUT2D eigenvalue weighted by molar-refractivity contribution is 0.0924. The predicted molar refractivity (Wildman–Crippen MR) is 119 cm³/mol. The average molecular weight is 438 g/mol. The van der Waals surface area contributed by atoms with Crippen LogP contribution in [0.4, 0.5) is 0 Å². The standard InChI is InChI=1S/C23H24ClN5O2/c24-17-8-10-18(11-9-17)29-20-7-3-1-2-6-19(20)21(28-29)23(31)27-14-13-26-22(30)16-5-4-12-25-15-16/h4-5,8-12,15H,1-3,6-7,13-14H2,(H,26,30)(H,27,31). The number of nitrogens with zero attached hydrogens (tertiary/aromatic N) is 3. The molecule has 7 nitrogen and oxygen atoms in total. The third kappa shape index (κ3) is 4.94. The summed E-state index contributed by atoms with van der Waals surface area (Å²) in [6.07, 6.45) is 8.10. The monoisotopic (exact) mass is 437 g/mol. The summed E-state index contributed by atoms with van der Waals surface area (Å²) < 4.78 is 1.87. The second-order valence-corrected chi connectivity index (χ2v) is 7.91. The Labute approximate surface area is 185 Å². The van der Waals surface area contributed by atoms with Crippen LogP contribution in [0.2, 0.25) is 5.02 Å². The van der Waals surface area contributed by atoms with Gasteiger partial charge in [0.2, 0.25) is 0 Å². The first kappa shape index (κ1) is 21.1. The van der Waals surface area contributed by atoms with Crippen molar-refractivity contribution in [2.45, 2.75) is 32.1 Å². The first-order valence-electron chi connectivity index (χ1n) is 10.5. The molecule has 0 atom stereocenters. The molecule has 160 valence electrons. The highest BCUT2D eigenvalue weighted by Gasteiger charge is 2.24. The highest BCUT2D eigenvalue weighted by atomic mass is 35.5. The molecular weight excluding hydrogens is 414 g/mol. The fourth-order valence-electron chi connectivity index (χ4n) is 3.79. The average Bonchev–Trinajstić information content (AvgIpc) is 2.98. The zero-order valence-electron chi connectivity index (χ0n) is 17.1. The van der Waals surface area contributed by atoms with E-state index in [0.29, 0.717) is 29.4 Å². The van der Waals surface area contributed by atoms with Gasteiger partial charge < -0.3 is 10.6 Å². The predicted octanol–water partition coefficient (Wildman–Crippen LogP) is 3.35. The molecule has 0 aliphatic heterocycles. The van der Waals surface area contributed by atoms with Gasteiger partial charge in [-0.15, -0.1) is 0 Å². The minimum Gasteiger partial charge on any atom is -0.350 e. The number of benzene rings is 1. The van der Waals surface area contributed by atoms with Gasteiger partial charge in [0.05, 0.1) is 11.3 Å². The molecular formula is C23H24ClN5O2. The maximum absolute atomic E-state index is 12.9. The summed E-state index contributed by atoms with van der Waals surface area (Å²) >= 11 is 6.03. The van der Waals surface area contributed by atoms with E-state index in [1.807, 2.05) is 28.9 Å². The Morgan fingerprint density at radius 3 is 2.45 bits per heavy atom. The van der Waals surface area contributed by atoms with Gasteiger partial charge in [-0.3, -0.25) is 14.6 Å². The third-order valence-corrected chi connectivity index (χ3v) is 5.59. The third-order valence-electron chi connectivity index (χ3n) is 5.34. The fraction of sp³-hybridized carbons (Fsp3) is 0.304. The molecule has 8 heteroatoms. The van der Waals surface area contributed by atoms with Gasteiger partial charge in [-0.05, 0) is 62.1 Å². The van der Waals surface area contributed by atoms with E-state index in [1.54, 1.807) is 18.3 Å². The molecule has 31 heavy (non-hydrogen) atoms. The molecule has 2 amide bonds. The summed E-state index contributed by atoms with van der Waals surface area (Å²) in [6.45, 7) is 0.632. The number of pyridine rings is 1. The van der Waals surface area contributed by atoms with Gasteiger partial charge in [0, 0.05) is 41.8 Å². The van der Waals surface area contributed by atoms with E-state index in [9.17, 15) is 9.59 Å². The summed E-state index contributed by atoms with van der Waals surface area (Å²) in [4.78, 5) is 28.9. The molecule has 0 saturated carbocycles. The second-order valence-electron chi connectivity index (χ2n) is 7.48. The number of fused-ring (bicyclic) bond motifs is 1. The van der Waals surface area contributed by atoms with Crippen LogP contribution in [0.1, 0.15) is 51.4 Å². The number of aromatic nitrogens is 3. The van der Waals surface area contributed by atoms with Crippen molar-refractivity contribution in [3.05, 3.63) is 76.3 Å². The molecule has 2 N–H and O–H groups in total. The number of amides is 2. The molecule has 0 radical (unpaired) electrons. The molecule has 0 unspecified atom stereocenters. The first-order chi connectivity index (χ1) is 15.1. The van der Waals surface area contributed by atoms with E-state index in [-0.39, 0.29) is 11.8 Å². The second kappa shape index (κ2) is 9.75. The summed E-state index contributed by atoms with van der Waals surface area (Å²) in [5.41, 5.74) is 3.95. The summed E-state index contributed by atoms with van der Waals surface area (Å²) in [6, 6.07) is 10.9. The van der Waals surface area contributed by atoms with E-state index in [2.05, 4.69) is 20.7 Å². The Kier molecular flexibility index (Phi) is 6.62. The lowest BCUT2D eigenvalue weighted by Gasteiger charge is -2.07. The van der Waals surface area contributed by atoms with Gasteiger partial charge in [0.15, 0.2) is 5.69 Å². The van der Waals surface area contributed by atoms with E-state index in [4.69, 9.17) is 11.6 Å². The number of rotatable bonds is 6. The number of halogens is 1. The largest absolute Gasteiger partial charge is 0.350 e. The van der Waals surface area contributed by atoms with Crippen LogP contribution in [0, 0.1) is 0 Å². The van der Waals surface area contributed by atoms with E-state index in [0.717, 1.165) is 49.0 Å². The number of carbonyl (C=O) groups is 2. The zero-order chi connectivity index (χ0) is 21.6. The van der Waals surface area contributed by atoms with Crippen LogP contribution < -0.4 is 10.6 Å². The molecule has 0 spiro atoms. The lowest BCUT2D eigenvalue weighted by Crippen LogP contribution is -2.35. The Balaban J connectivity index is 1.45. The SMILES string of the molecule is O=C(NCCNC(=O)c1nn(-c2ccc(Cl)cc2)c2c1CCCCC2)c1cccnc1. The molecule has 0 bridgehead atoms. The first-order valence-corrected chi connectivity index (χ1v) is 10.8. The van der Waals surface area contributed by atoms with Crippen molar-refractivity contribution in [2.24, 2.45) is 0 Å². The van der Waals surface area contributed by atoms with Gasteiger partial charge in [0.25, 0.3) is 11.8 Å². The molecule has 2 heterocycles. The molecule has 0 fully saturated rings. The number of hydrogen-bond donors (Lipinski definition) is 2. The van der Waals surface area contributed by atoms with Gasteiger partial charge >= 0.3 is 0 Å². The Morgan fingerprint density at radius 2 is 1.71 bits per heavy atom. The van der Waals surface area contributed by atoms with E-state index < -0.39 is 0 Å². The van der Waals surface area contributed by atoms with Gasteiger partial charge in [-0.2, -0.15) is 5.10 Å². The van der Waals surface area contributed by atoms with Crippen molar-refractivity contribution in [1.29, 1.82) is 0 Å². The quantitative estimate of drug-likeness (QED) is 0.457. The minimum absolute atomic E-state index is 0.219. The van der Waals surface area contributed by atoms with Crippen molar-refractivity contribution < 1.29 is 9.59 Å². The highest BCUT2D eigenvalue weighted by molar-refractivity contribution is 6.30. The molecule has 3 aromatic rings. The van der Waals surface area contributed by atoms with Gasteiger partial charge in [0.1, 0.15) is 0 Å². The molecule has 2 aromatic heterocycles. The lowest BCUT2D eigenvalue weighted by atomic mass is 10.1. The maximum atomic E-state index is 12.9. The smallest absolute Gasteiger partial charge is 0.272 e. The van der Waals surface area contributed by atoms with Crippen LogP contribution in [0.3, 0.4) is 0 Å². The normalized spacial score (nSPS) is 13.2. The topological polar surface area (TPSA) is 88.9 Å². The van der Waals surface area contributed by atoms with Crippen molar-refractivity contribution in [3.63, 3.8) is 0 Å². The molecule has 1 aliphatic carbocycles. The molecule has 1 aromatic carbocycles. The Hall–Kier alpha value is -3.19. The van der Waals surface area contributed by atoms with Crippen LogP contribution in [-0.4, -0.2) is 39.7 Å². The zero-order valence-corrected chi connectivity index (χ0v) is 17.9. The van der Waals surface area contributed by atoms with E-state index in [1.165, 1.54) is 6.20 Å². The Morgan fingerprint density at radius 1 is 0.968 bits per heavy atom. The van der Waals surface area contributed by atoms with Crippen molar-refractivity contribution >= 4 is 23.4 Å². The molecule has 4 rings (SSSR count). The van der Waals surface area contributed by atoms with E-state index >= 15 is 0 Å². The molecule has 1 aliphatic rings. The summed E-state index contributed by atoms with van der Waals surface area (Å²) in [5.74, 6) is -0.440. The fourth-order valence-corrected chi connectivity index (χ4v) is 3.91. The minimum atomic E-state index is -0.221. The number of hydrogen-bond acceptors (Lipinski definition) is 4. The summed E-state index contributed by atoms with van der Waals surface area (Å²) in [7, 11) is 0. The van der Waals surface area contributed by atoms with Crippen molar-refractivity contribution in [3.8, 4) is 5.69 Å². The van der Waals surface area contributed by atoms with Crippen LogP contribution in [-0.2, 0) is 12.8 Å². The van der Waals surface area contributed by atoms with Crippen molar-refractivity contribution in [1.82, 2.24) is 25.4 Å². The van der Waals surface area contributed by atoms with Crippen LogP contribution in [0.5, 0.6) is 0 Å². The van der Waals surface area contributed by atoms with Crippen LogP contribution >= 0.6 is 11.6 Å². The molecule has 0 saturated heterocycles. The number of nitrogens with one attached hydrogen (secondary N) is 2. The number of carbonyl (C=O) groups excluding carboxylic acids is 2. The highest BCUT2D eigenvalue weighted by Crippen LogP contribution is 2.27. The van der Waals surface area contributed by atoms with Crippen molar-refractivity contribution in [2.75, 3.05) is 13.1 Å². The Bertz CT molecular complexity index is 1060.